The molecule has 0 unspecified atom stereocenters. The molecule has 1 saturated carbocycles. The summed E-state index contributed by atoms with van der Waals surface area (Å²) in [5.41, 5.74) is 0.522. The number of anilines is 2. The maximum absolute atomic E-state index is 14.1. The van der Waals surface area contributed by atoms with E-state index in [1.807, 2.05) is 0 Å². The molecular weight excluding hydrogens is 511 g/mol. The van der Waals surface area contributed by atoms with Crippen LogP contribution in [0, 0.1) is 11.7 Å². The lowest BCUT2D eigenvalue weighted by Gasteiger charge is -2.38. The third-order valence-corrected chi connectivity index (χ3v) is 8.03. The molecule has 0 bridgehead atoms. The molecule has 0 spiro atoms. The minimum Gasteiger partial charge on any atom is -0.379 e. The van der Waals surface area contributed by atoms with Gasteiger partial charge in [-0.05, 0) is 43.7 Å². The topological polar surface area (TPSA) is 80.6 Å². The summed E-state index contributed by atoms with van der Waals surface area (Å²) in [4.78, 5) is 18.1. The maximum Gasteiger partial charge on any atom is 0.296 e. The summed E-state index contributed by atoms with van der Waals surface area (Å²) in [5, 5.41) is 3.40. The first-order valence-electron chi connectivity index (χ1n) is 13.8. The number of hydrogen-bond acceptors (Lipinski definition) is 8. The molecule has 0 amide bonds. The summed E-state index contributed by atoms with van der Waals surface area (Å²) in [5.74, 6) is 0.758. The molecule has 210 valence electrons. The van der Waals surface area contributed by atoms with Gasteiger partial charge in [-0.2, -0.15) is 9.97 Å². The van der Waals surface area contributed by atoms with Crippen LogP contribution in [0.5, 0.6) is 0 Å². The quantitative estimate of drug-likeness (QED) is 0.477. The van der Waals surface area contributed by atoms with Crippen molar-refractivity contribution in [2.45, 2.75) is 38.2 Å². The highest BCUT2D eigenvalue weighted by atomic mass is 19.3. The van der Waals surface area contributed by atoms with Gasteiger partial charge < -0.3 is 19.7 Å². The normalized spacial score (nSPS) is 23.0. The van der Waals surface area contributed by atoms with Crippen LogP contribution in [0.3, 0.4) is 0 Å². The highest BCUT2D eigenvalue weighted by Gasteiger charge is 2.28. The first kappa shape index (κ1) is 26.3. The Morgan fingerprint density at radius 1 is 0.872 bits per heavy atom. The van der Waals surface area contributed by atoms with E-state index in [0.717, 1.165) is 58.1 Å². The summed E-state index contributed by atoms with van der Waals surface area (Å²) in [6.45, 7) is 6.75. The van der Waals surface area contributed by atoms with Crippen LogP contribution in [0.25, 0.3) is 16.9 Å². The number of rotatable bonds is 7. The molecule has 4 heterocycles. The number of aromatic nitrogens is 4. The summed E-state index contributed by atoms with van der Waals surface area (Å²) in [6.07, 6.45) is 1.67. The highest BCUT2D eigenvalue weighted by Crippen LogP contribution is 2.31. The van der Waals surface area contributed by atoms with Crippen LogP contribution in [-0.4, -0.2) is 89.6 Å². The minimum atomic E-state index is -2.86. The number of hydrogen-bond donors (Lipinski definition) is 1. The molecule has 12 heteroatoms. The molecule has 3 aromatic rings. The lowest BCUT2D eigenvalue weighted by atomic mass is 9.85. The lowest BCUT2D eigenvalue weighted by molar-refractivity contribution is 0.00539. The molecule has 1 N–H and O–H groups in total. The summed E-state index contributed by atoms with van der Waals surface area (Å²) < 4.78 is 54.3. The van der Waals surface area contributed by atoms with E-state index in [4.69, 9.17) is 14.5 Å². The van der Waals surface area contributed by atoms with Gasteiger partial charge in [-0.1, -0.05) is 0 Å². The van der Waals surface area contributed by atoms with E-state index in [2.05, 4.69) is 25.1 Å². The van der Waals surface area contributed by atoms with Gasteiger partial charge in [-0.25, -0.2) is 18.2 Å². The number of nitrogens with zero attached hydrogens (tertiary/aromatic N) is 6. The van der Waals surface area contributed by atoms with E-state index in [1.165, 1.54) is 16.7 Å². The molecule has 0 radical (unpaired) electrons. The van der Waals surface area contributed by atoms with Gasteiger partial charge in [0, 0.05) is 50.9 Å². The van der Waals surface area contributed by atoms with Crippen LogP contribution in [0.4, 0.5) is 24.9 Å². The standard InChI is InChI=1S/C27H34F3N7O2/c28-19-3-6-22-21(15-19)32-26(25(29)30)37(22)24-16-23(36-9-13-39-14-10-36)33-27(34-24)31-17-18-1-4-20(5-2-18)35-7-11-38-12-8-35/h3,6,15-16,18,20,25H,1-2,4-5,7-14,17H2,(H,31,33,34)/t18-,20-. The van der Waals surface area contributed by atoms with Crippen LogP contribution in [0.15, 0.2) is 24.3 Å². The second-order valence-electron chi connectivity index (χ2n) is 10.5. The van der Waals surface area contributed by atoms with E-state index in [-0.39, 0.29) is 11.3 Å². The lowest BCUT2D eigenvalue weighted by Crippen LogP contribution is -2.45. The van der Waals surface area contributed by atoms with Crippen molar-refractivity contribution in [2.24, 2.45) is 5.92 Å². The zero-order valence-corrected chi connectivity index (χ0v) is 21.9. The minimum absolute atomic E-state index is 0.156. The number of fused-ring (bicyclic) bond motifs is 1. The van der Waals surface area contributed by atoms with Gasteiger partial charge in [0.1, 0.15) is 17.5 Å². The fourth-order valence-corrected chi connectivity index (χ4v) is 5.92. The van der Waals surface area contributed by atoms with Gasteiger partial charge in [-0.15, -0.1) is 0 Å². The molecule has 6 rings (SSSR count). The maximum atomic E-state index is 14.1. The number of alkyl halides is 2. The van der Waals surface area contributed by atoms with Crippen molar-refractivity contribution in [2.75, 3.05) is 69.4 Å². The monoisotopic (exact) mass is 545 g/mol. The number of ether oxygens (including phenoxy) is 2. The number of morpholine rings is 2. The fraction of sp³-hybridized carbons (Fsp3) is 0.593. The van der Waals surface area contributed by atoms with Crippen molar-refractivity contribution in [1.29, 1.82) is 0 Å². The Labute approximate surface area is 225 Å². The molecule has 1 aliphatic carbocycles. The predicted molar refractivity (Wildman–Crippen MR) is 141 cm³/mol. The summed E-state index contributed by atoms with van der Waals surface area (Å²) in [7, 11) is 0. The largest absolute Gasteiger partial charge is 0.379 e. The zero-order valence-electron chi connectivity index (χ0n) is 21.9. The van der Waals surface area contributed by atoms with Crippen LogP contribution < -0.4 is 10.2 Å². The van der Waals surface area contributed by atoms with Gasteiger partial charge in [0.05, 0.1) is 37.5 Å². The van der Waals surface area contributed by atoms with Crippen molar-refractivity contribution >= 4 is 22.8 Å². The van der Waals surface area contributed by atoms with Crippen LogP contribution in [0.1, 0.15) is 37.9 Å². The van der Waals surface area contributed by atoms with Crippen molar-refractivity contribution in [3.8, 4) is 5.82 Å². The SMILES string of the molecule is Fc1ccc2c(c1)nc(C(F)F)n2-c1cc(N2CCOCC2)nc(NC[C@H]2CC[C@H](N3CCOCC3)CC2)n1. The third kappa shape index (κ3) is 5.82. The van der Waals surface area contributed by atoms with Crippen LogP contribution >= 0.6 is 0 Å². The molecule has 2 aliphatic heterocycles. The van der Waals surface area contributed by atoms with E-state index < -0.39 is 18.1 Å². The van der Waals surface area contributed by atoms with Gasteiger partial charge >= 0.3 is 0 Å². The fourth-order valence-electron chi connectivity index (χ4n) is 5.92. The Morgan fingerprint density at radius 3 is 2.28 bits per heavy atom. The summed E-state index contributed by atoms with van der Waals surface area (Å²) >= 11 is 0. The van der Waals surface area contributed by atoms with Crippen molar-refractivity contribution < 1.29 is 22.6 Å². The Hall–Kier alpha value is -2.96. The molecule has 2 aromatic heterocycles. The average molecular weight is 546 g/mol. The third-order valence-electron chi connectivity index (χ3n) is 8.03. The van der Waals surface area contributed by atoms with Gasteiger partial charge in [0.25, 0.3) is 6.43 Å². The van der Waals surface area contributed by atoms with Crippen LogP contribution in [0.2, 0.25) is 0 Å². The van der Waals surface area contributed by atoms with E-state index in [0.29, 0.717) is 62.1 Å². The molecule has 2 saturated heterocycles. The number of benzene rings is 1. The van der Waals surface area contributed by atoms with Gasteiger partial charge in [0.15, 0.2) is 5.82 Å². The number of halogens is 3. The zero-order chi connectivity index (χ0) is 26.8. The average Bonchev–Trinajstić information content (AvgIpc) is 3.36. The number of imidazole rings is 1. The predicted octanol–water partition coefficient (Wildman–Crippen LogP) is 4.03. The van der Waals surface area contributed by atoms with Gasteiger partial charge in [-0.3, -0.25) is 9.47 Å². The Bertz CT molecular complexity index is 1270. The molecular formula is C27H34F3N7O2. The van der Waals surface area contributed by atoms with Crippen molar-refractivity contribution in [1.82, 2.24) is 24.4 Å². The molecule has 1 aromatic carbocycles. The van der Waals surface area contributed by atoms with Gasteiger partial charge in [0.2, 0.25) is 5.95 Å². The smallest absolute Gasteiger partial charge is 0.296 e. The second-order valence-corrected chi connectivity index (χ2v) is 10.5. The Balaban J connectivity index is 1.25. The van der Waals surface area contributed by atoms with Crippen molar-refractivity contribution in [3.05, 3.63) is 35.9 Å². The summed E-state index contributed by atoms with van der Waals surface area (Å²) in [6, 6.07) is 6.17. The Kier molecular flexibility index (Phi) is 7.85. The molecule has 3 fully saturated rings. The van der Waals surface area contributed by atoms with E-state index in [1.54, 1.807) is 6.07 Å². The highest BCUT2D eigenvalue weighted by molar-refractivity contribution is 5.78. The second kappa shape index (κ2) is 11.6. The first-order chi connectivity index (χ1) is 19.0. The molecule has 3 aliphatic rings. The van der Waals surface area contributed by atoms with Crippen molar-refractivity contribution in [3.63, 3.8) is 0 Å². The molecule has 39 heavy (non-hydrogen) atoms. The Morgan fingerprint density at radius 2 is 1.56 bits per heavy atom. The molecule has 9 nitrogen and oxygen atoms in total. The number of nitrogens with one attached hydrogen (secondary N) is 1. The van der Waals surface area contributed by atoms with E-state index in [9.17, 15) is 13.2 Å². The van der Waals surface area contributed by atoms with Crippen LogP contribution in [-0.2, 0) is 9.47 Å². The molecule has 0 atom stereocenters. The van der Waals surface area contributed by atoms with E-state index >= 15 is 0 Å². The first-order valence-corrected chi connectivity index (χ1v) is 13.8.